The summed E-state index contributed by atoms with van der Waals surface area (Å²) in [5, 5.41) is 18.7. The maximum Gasteiger partial charge on any atom is 0.305 e. The molecule has 0 aliphatic rings. The van der Waals surface area contributed by atoms with Crippen LogP contribution in [0.4, 0.5) is 5.69 Å². The minimum absolute atomic E-state index is 0.284. The lowest BCUT2D eigenvalue weighted by atomic mass is 9.98. The van der Waals surface area contributed by atoms with E-state index in [1.165, 1.54) is 0 Å². The number of hydrogen-bond donors (Lipinski definition) is 3. The zero-order valence-corrected chi connectivity index (χ0v) is 26.3. The van der Waals surface area contributed by atoms with Crippen molar-refractivity contribution in [2.75, 3.05) is 5.32 Å². The molecule has 0 saturated heterocycles. The summed E-state index contributed by atoms with van der Waals surface area (Å²) in [6, 6.07) is 43.9. The molecule has 6 aromatic carbocycles. The number of rotatable bonds is 12. The van der Waals surface area contributed by atoms with Gasteiger partial charge in [0.2, 0.25) is 0 Å². The number of carboxylic acids is 1. The van der Waals surface area contributed by atoms with Crippen molar-refractivity contribution in [1.82, 2.24) is 5.32 Å². The highest BCUT2D eigenvalue weighted by Gasteiger charge is 2.21. The maximum absolute atomic E-state index is 13.7. The first-order valence-electron chi connectivity index (χ1n) is 15.3. The number of ether oxygens (including phenoxy) is 1. The number of carbonyl (C=O) groups excluding carboxylic acids is 1. The molecule has 0 bridgehead atoms. The van der Waals surface area contributed by atoms with Gasteiger partial charge in [-0.15, -0.1) is 0 Å². The summed E-state index contributed by atoms with van der Waals surface area (Å²) in [7, 11) is 0. The molecule has 0 aliphatic heterocycles. The Morgan fingerprint density at radius 1 is 0.745 bits per heavy atom. The molecule has 1 unspecified atom stereocenters. The van der Waals surface area contributed by atoms with Crippen molar-refractivity contribution in [2.45, 2.75) is 25.6 Å². The van der Waals surface area contributed by atoms with Gasteiger partial charge in [0, 0.05) is 17.3 Å². The van der Waals surface area contributed by atoms with E-state index in [0.717, 1.165) is 38.8 Å². The topological polar surface area (TPSA) is 87.7 Å². The first-order valence-corrected chi connectivity index (χ1v) is 15.7. The van der Waals surface area contributed by atoms with Crippen LogP contribution in [0.5, 0.6) is 5.75 Å². The van der Waals surface area contributed by atoms with E-state index in [1.807, 2.05) is 103 Å². The predicted molar refractivity (Wildman–Crippen MR) is 188 cm³/mol. The van der Waals surface area contributed by atoms with Gasteiger partial charge >= 0.3 is 5.97 Å². The summed E-state index contributed by atoms with van der Waals surface area (Å²) in [6.45, 7) is 0.953. The first kappa shape index (κ1) is 31.4. The third kappa shape index (κ3) is 7.98. The molecule has 0 heterocycles. The van der Waals surface area contributed by atoms with Gasteiger partial charge in [0.1, 0.15) is 12.4 Å². The SMILES string of the molecule is O=C(O)CC(NC(=O)c1cc(Cl)ccc1NCc1cccc2ccccc12)c1ccc(-c2cccc(OCc3ccccc3)c2)cc1. The average Bonchev–Trinajstić information content (AvgIpc) is 3.10. The Hall–Kier alpha value is -5.59. The Morgan fingerprint density at radius 3 is 2.30 bits per heavy atom. The summed E-state index contributed by atoms with van der Waals surface area (Å²) < 4.78 is 6.00. The van der Waals surface area contributed by atoms with Gasteiger partial charge < -0.3 is 20.5 Å². The molecule has 3 N–H and O–H groups in total. The van der Waals surface area contributed by atoms with Crippen LogP contribution >= 0.6 is 11.6 Å². The van der Waals surface area contributed by atoms with Crippen molar-refractivity contribution in [3.63, 3.8) is 0 Å². The van der Waals surface area contributed by atoms with Crippen molar-refractivity contribution in [3.05, 3.63) is 167 Å². The number of aliphatic carboxylic acids is 1. The molecule has 6 aromatic rings. The standard InChI is InChI=1S/C40H33ClN2O4/c41-33-20-21-37(42-25-32-13-6-11-29-10-4-5-15-35(29)32)36(23-33)40(46)43-38(24-39(44)45)30-18-16-28(17-19-30)31-12-7-14-34(22-31)47-26-27-8-2-1-3-9-27/h1-23,38,42H,24-26H2,(H,43,46)(H,44,45). The normalized spacial score (nSPS) is 11.5. The lowest BCUT2D eigenvalue weighted by Crippen LogP contribution is -2.30. The molecule has 47 heavy (non-hydrogen) atoms. The third-order valence-electron chi connectivity index (χ3n) is 7.99. The van der Waals surface area contributed by atoms with Crippen LogP contribution in [0.25, 0.3) is 21.9 Å². The van der Waals surface area contributed by atoms with Gasteiger partial charge in [0.15, 0.2) is 0 Å². The number of halogens is 1. The number of amides is 1. The second-order valence-corrected chi connectivity index (χ2v) is 11.7. The molecule has 1 atom stereocenters. The van der Waals surface area contributed by atoms with E-state index in [-0.39, 0.29) is 6.42 Å². The van der Waals surface area contributed by atoms with Gasteiger partial charge in [-0.1, -0.05) is 121 Å². The third-order valence-corrected chi connectivity index (χ3v) is 8.22. The monoisotopic (exact) mass is 640 g/mol. The number of carbonyl (C=O) groups is 2. The number of benzene rings is 6. The van der Waals surface area contributed by atoms with Crippen LogP contribution in [0.2, 0.25) is 5.02 Å². The van der Waals surface area contributed by atoms with E-state index < -0.39 is 17.9 Å². The fraction of sp³-hybridized carbons (Fsp3) is 0.100. The van der Waals surface area contributed by atoms with Gasteiger partial charge in [-0.2, -0.15) is 0 Å². The molecule has 0 saturated carbocycles. The maximum atomic E-state index is 13.7. The largest absolute Gasteiger partial charge is 0.489 e. The highest BCUT2D eigenvalue weighted by atomic mass is 35.5. The minimum Gasteiger partial charge on any atom is -0.489 e. The average molecular weight is 641 g/mol. The summed E-state index contributed by atoms with van der Waals surface area (Å²) in [5.74, 6) is -0.701. The Kier molecular flexibility index (Phi) is 9.80. The lowest BCUT2D eigenvalue weighted by Gasteiger charge is -2.20. The molecule has 0 aliphatic carbocycles. The van der Waals surface area contributed by atoms with Crippen LogP contribution in [0.15, 0.2) is 140 Å². The molecular formula is C40H33ClN2O4. The Morgan fingerprint density at radius 2 is 1.49 bits per heavy atom. The molecule has 0 spiro atoms. The number of nitrogens with one attached hydrogen (secondary N) is 2. The molecule has 1 amide bonds. The second kappa shape index (κ2) is 14.7. The molecular weight excluding hydrogens is 608 g/mol. The fourth-order valence-corrected chi connectivity index (χ4v) is 5.74. The summed E-state index contributed by atoms with van der Waals surface area (Å²) in [4.78, 5) is 25.6. The zero-order chi connectivity index (χ0) is 32.6. The highest BCUT2D eigenvalue weighted by molar-refractivity contribution is 6.31. The Balaban J connectivity index is 1.18. The van der Waals surface area contributed by atoms with Gasteiger partial charge in [0.05, 0.1) is 18.0 Å². The van der Waals surface area contributed by atoms with Crippen LogP contribution in [0.3, 0.4) is 0 Å². The quantitative estimate of drug-likeness (QED) is 0.124. The summed E-state index contributed by atoms with van der Waals surface area (Å²) >= 11 is 6.32. The van der Waals surface area contributed by atoms with E-state index in [2.05, 4.69) is 28.8 Å². The van der Waals surface area contributed by atoms with Crippen LogP contribution in [0, 0.1) is 0 Å². The van der Waals surface area contributed by atoms with Crippen LogP contribution in [-0.2, 0) is 17.9 Å². The highest BCUT2D eigenvalue weighted by Crippen LogP contribution is 2.29. The van der Waals surface area contributed by atoms with Crippen LogP contribution in [-0.4, -0.2) is 17.0 Å². The molecule has 6 rings (SSSR count). The van der Waals surface area contributed by atoms with Gasteiger partial charge in [-0.25, -0.2) is 0 Å². The van der Waals surface area contributed by atoms with Crippen LogP contribution < -0.4 is 15.4 Å². The number of anilines is 1. The summed E-state index contributed by atoms with van der Waals surface area (Å²) in [6.07, 6.45) is -0.284. The molecule has 0 radical (unpaired) electrons. The van der Waals surface area contributed by atoms with Crippen molar-refractivity contribution in [3.8, 4) is 16.9 Å². The Bertz CT molecular complexity index is 2010. The number of carboxylic acid groups (broad SMARTS) is 1. The van der Waals surface area contributed by atoms with Gasteiger partial charge in [0.25, 0.3) is 5.91 Å². The summed E-state index contributed by atoms with van der Waals surface area (Å²) in [5.41, 5.74) is 5.67. The smallest absolute Gasteiger partial charge is 0.305 e. The molecule has 0 aromatic heterocycles. The zero-order valence-electron chi connectivity index (χ0n) is 25.5. The van der Waals surface area contributed by atoms with Crippen molar-refractivity contribution in [2.24, 2.45) is 0 Å². The predicted octanol–water partition coefficient (Wildman–Crippen LogP) is 9.30. The van der Waals surface area contributed by atoms with Crippen molar-refractivity contribution >= 4 is 39.9 Å². The molecule has 234 valence electrons. The molecule has 0 fully saturated rings. The first-order chi connectivity index (χ1) is 22.9. The second-order valence-electron chi connectivity index (χ2n) is 11.2. The molecule has 6 nitrogen and oxygen atoms in total. The molecule has 7 heteroatoms. The number of fused-ring (bicyclic) bond motifs is 1. The Labute approximate surface area is 278 Å². The number of hydrogen-bond acceptors (Lipinski definition) is 4. The van der Waals surface area contributed by atoms with E-state index in [1.54, 1.807) is 18.2 Å². The fourth-order valence-electron chi connectivity index (χ4n) is 5.57. The van der Waals surface area contributed by atoms with Crippen LogP contribution in [0.1, 0.15) is 39.5 Å². The van der Waals surface area contributed by atoms with Gasteiger partial charge in [-0.05, 0) is 68.9 Å². The lowest BCUT2D eigenvalue weighted by molar-refractivity contribution is -0.137. The van der Waals surface area contributed by atoms with E-state index >= 15 is 0 Å². The van der Waals surface area contributed by atoms with E-state index in [0.29, 0.717) is 35.0 Å². The van der Waals surface area contributed by atoms with Crippen molar-refractivity contribution < 1.29 is 19.4 Å². The van der Waals surface area contributed by atoms with Crippen molar-refractivity contribution in [1.29, 1.82) is 0 Å². The van der Waals surface area contributed by atoms with Gasteiger partial charge in [-0.3, -0.25) is 9.59 Å². The minimum atomic E-state index is -1.02. The van der Waals surface area contributed by atoms with E-state index in [9.17, 15) is 14.7 Å². The van der Waals surface area contributed by atoms with E-state index in [4.69, 9.17) is 16.3 Å².